The number of carbonyl (C=O) groups is 1. The number of thiophene rings is 1. The molecule has 0 bridgehead atoms. The van der Waals surface area contributed by atoms with Gasteiger partial charge >= 0.3 is 0 Å². The molecule has 0 radical (unpaired) electrons. The number of unbranched alkanes of at least 4 members (excludes halogenated alkanes) is 1. The molecule has 0 aliphatic rings. The summed E-state index contributed by atoms with van der Waals surface area (Å²) in [7, 11) is 3.50. The van der Waals surface area contributed by atoms with Gasteiger partial charge in [0.2, 0.25) is 5.91 Å². The van der Waals surface area contributed by atoms with Crippen molar-refractivity contribution in [2.75, 3.05) is 27.2 Å². The Morgan fingerprint density at radius 3 is 2.71 bits per heavy atom. The first-order valence-electron chi connectivity index (χ1n) is 8.81. The molecule has 1 rings (SSSR count). The normalized spacial score (nSPS) is 12.8. The van der Waals surface area contributed by atoms with Crippen molar-refractivity contribution in [3.63, 3.8) is 0 Å². The van der Waals surface area contributed by atoms with Gasteiger partial charge in [-0.05, 0) is 23.8 Å². The van der Waals surface area contributed by atoms with Crippen molar-refractivity contribution < 1.29 is 4.79 Å². The Hall–Kier alpha value is -1.56. The van der Waals surface area contributed by atoms with Gasteiger partial charge in [-0.25, -0.2) is 4.99 Å². The fourth-order valence-corrected chi connectivity index (χ4v) is 2.88. The third-order valence-corrected chi connectivity index (χ3v) is 4.86. The summed E-state index contributed by atoms with van der Waals surface area (Å²) in [5.74, 6) is 1.36. The second-order valence-electron chi connectivity index (χ2n) is 6.18. The van der Waals surface area contributed by atoms with E-state index in [1.165, 1.54) is 24.1 Å². The smallest absolute Gasteiger partial charge is 0.243 e. The third-order valence-electron chi connectivity index (χ3n) is 3.98. The first-order valence-corrected chi connectivity index (χ1v) is 9.69. The average Bonchev–Trinajstić information content (AvgIpc) is 3.09. The number of rotatable bonds is 10. The second kappa shape index (κ2) is 11.9. The van der Waals surface area contributed by atoms with Gasteiger partial charge in [0.15, 0.2) is 5.96 Å². The van der Waals surface area contributed by atoms with E-state index < -0.39 is 0 Å². The molecule has 2 N–H and O–H groups in total. The zero-order chi connectivity index (χ0) is 17.8. The van der Waals surface area contributed by atoms with Gasteiger partial charge in [-0.1, -0.05) is 39.2 Å². The highest BCUT2D eigenvalue weighted by atomic mass is 32.1. The Labute approximate surface area is 150 Å². The predicted molar refractivity (Wildman–Crippen MR) is 103 cm³/mol. The first-order chi connectivity index (χ1) is 11.6. The van der Waals surface area contributed by atoms with Crippen LogP contribution >= 0.6 is 11.3 Å². The van der Waals surface area contributed by atoms with Gasteiger partial charge in [0.1, 0.15) is 6.54 Å². The van der Waals surface area contributed by atoms with Crippen LogP contribution in [0.5, 0.6) is 0 Å². The van der Waals surface area contributed by atoms with Crippen LogP contribution in [-0.4, -0.2) is 44.0 Å². The Balaban J connectivity index is 2.58. The molecule has 0 saturated heterocycles. The molecule has 0 fully saturated rings. The number of guanidine groups is 1. The quantitative estimate of drug-likeness (QED) is 0.502. The van der Waals surface area contributed by atoms with Crippen LogP contribution in [0.25, 0.3) is 0 Å². The Morgan fingerprint density at radius 1 is 1.33 bits per heavy atom. The summed E-state index contributed by atoms with van der Waals surface area (Å²) in [6.07, 6.45) is 4.87. The number of nitrogens with zero attached hydrogens (tertiary/aromatic N) is 2. The lowest BCUT2D eigenvalue weighted by atomic mass is 9.99. The van der Waals surface area contributed by atoms with Crippen molar-refractivity contribution in [3.8, 4) is 0 Å². The van der Waals surface area contributed by atoms with E-state index in [2.05, 4.69) is 40.9 Å². The van der Waals surface area contributed by atoms with E-state index in [4.69, 9.17) is 0 Å². The third kappa shape index (κ3) is 8.34. The van der Waals surface area contributed by atoms with Gasteiger partial charge in [0.05, 0.1) is 6.54 Å². The molecule has 1 unspecified atom stereocenters. The summed E-state index contributed by atoms with van der Waals surface area (Å²) in [5, 5.41) is 8.80. The van der Waals surface area contributed by atoms with Crippen LogP contribution in [0.15, 0.2) is 22.5 Å². The summed E-state index contributed by atoms with van der Waals surface area (Å²) in [4.78, 5) is 19.0. The molecular formula is C18H32N4OS. The van der Waals surface area contributed by atoms with Crippen LogP contribution in [-0.2, 0) is 11.3 Å². The molecule has 136 valence electrons. The molecule has 24 heavy (non-hydrogen) atoms. The first kappa shape index (κ1) is 20.5. The lowest BCUT2D eigenvalue weighted by molar-refractivity contribution is -0.127. The predicted octanol–water partition coefficient (Wildman–Crippen LogP) is 3.09. The maximum absolute atomic E-state index is 11.8. The fourth-order valence-electron chi connectivity index (χ4n) is 2.23. The maximum Gasteiger partial charge on any atom is 0.243 e. The number of aliphatic imine (C=N–C) groups is 1. The van der Waals surface area contributed by atoms with E-state index in [1.54, 1.807) is 30.3 Å². The number of nitrogens with one attached hydrogen (secondary N) is 2. The lowest BCUT2D eigenvalue weighted by Crippen LogP contribution is -2.40. The van der Waals surface area contributed by atoms with E-state index in [-0.39, 0.29) is 12.5 Å². The molecule has 0 spiro atoms. The van der Waals surface area contributed by atoms with Gasteiger partial charge in [-0.3, -0.25) is 4.79 Å². The molecule has 0 aliphatic heterocycles. The van der Waals surface area contributed by atoms with E-state index in [1.807, 2.05) is 6.07 Å². The van der Waals surface area contributed by atoms with Crippen molar-refractivity contribution >= 4 is 23.2 Å². The number of likely N-dealkylation sites (N-methyl/N-ethyl adjacent to an activating group) is 1. The van der Waals surface area contributed by atoms with Gasteiger partial charge < -0.3 is 15.5 Å². The van der Waals surface area contributed by atoms with Gasteiger partial charge in [-0.15, -0.1) is 11.3 Å². The van der Waals surface area contributed by atoms with Crippen molar-refractivity contribution in [1.82, 2.24) is 15.5 Å². The van der Waals surface area contributed by atoms with Crippen LogP contribution in [0.3, 0.4) is 0 Å². The van der Waals surface area contributed by atoms with E-state index in [9.17, 15) is 4.79 Å². The molecule has 1 amide bonds. The van der Waals surface area contributed by atoms with Crippen molar-refractivity contribution in [2.45, 2.75) is 46.1 Å². The van der Waals surface area contributed by atoms with Gasteiger partial charge in [-0.2, -0.15) is 0 Å². The zero-order valence-corrected chi connectivity index (χ0v) is 16.3. The number of hydrogen-bond acceptors (Lipinski definition) is 3. The highest BCUT2D eigenvalue weighted by molar-refractivity contribution is 7.09. The summed E-state index contributed by atoms with van der Waals surface area (Å²) in [5.41, 5.74) is 0. The molecule has 5 nitrogen and oxygen atoms in total. The van der Waals surface area contributed by atoms with Crippen molar-refractivity contribution in [3.05, 3.63) is 22.4 Å². The molecule has 6 heteroatoms. The number of carbonyl (C=O) groups excluding carboxylic acids is 1. The minimum absolute atomic E-state index is 0.00486. The van der Waals surface area contributed by atoms with Gasteiger partial charge in [0, 0.05) is 25.5 Å². The number of amides is 1. The number of hydrogen-bond donors (Lipinski definition) is 2. The highest BCUT2D eigenvalue weighted by Crippen LogP contribution is 2.11. The summed E-state index contributed by atoms with van der Waals surface area (Å²) in [6.45, 7) is 6.24. The summed E-state index contributed by atoms with van der Waals surface area (Å²) in [6, 6.07) is 4.13. The highest BCUT2D eigenvalue weighted by Gasteiger charge is 2.09. The van der Waals surface area contributed by atoms with Crippen LogP contribution in [0.1, 0.15) is 44.4 Å². The molecule has 0 aliphatic carbocycles. The lowest BCUT2D eigenvalue weighted by Gasteiger charge is -2.18. The van der Waals surface area contributed by atoms with Gasteiger partial charge in [0.25, 0.3) is 0 Å². The standard InChI is InChI=1S/C18H32N4OS/c1-5-7-9-15(6-2)12-19-18(21-14-17(23)22(3)4)20-13-16-10-8-11-24-16/h8,10-11,15H,5-7,9,12-14H2,1-4H3,(H2,19,20,21). The molecule has 0 aromatic carbocycles. The fraction of sp³-hybridized carbons (Fsp3) is 0.667. The Morgan fingerprint density at radius 2 is 2.12 bits per heavy atom. The minimum atomic E-state index is 0.00486. The van der Waals surface area contributed by atoms with E-state index in [0.717, 1.165) is 19.5 Å². The largest absolute Gasteiger partial charge is 0.356 e. The topological polar surface area (TPSA) is 56.7 Å². The molecule has 0 saturated carbocycles. The maximum atomic E-state index is 11.8. The SMILES string of the molecule is CCCCC(CC)CNC(=NCC(=O)N(C)C)NCc1cccs1. The Kier molecular flexibility index (Phi) is 10.2. The molecule has 1 aromatic heterocycles. The summed E-state index contributed by atoms with van der Waals surface area (Å²) >= 11 is 1.71. The Bertz CT molecular complexity index is 485. The zero-order valence-electron chi connectivity index (χ0n) is 15.5. The minimum Gasteiger partial charge on any atom is -0.356 e. The van der Waals surface area contributed by atoms with Crippen molar-refractivity contribution in [1.29, 1.82) is 0 Å². The molecule has 1 atom stereocenters. The van der Waals surface area contributed by atoms with Crippen molar-refractivity contribution in [2.24, 2.45) is 10.9 Å². The van der Waals surface area contributed by atoms with Crippen LogP contribution in [0, 0.1) is 5.92 Å². The molecule has 1 heterocycles. The second-order valence-corrected chi connectivity index (χ2v) is 7.22. The van der Waals surface area contributed by atoms with Crippen LogP contribution in [0.2, 0.25) is 0 Å². The van der Waals surface area contributed by atoms with Crippen LogP contribution < -0.4 is 10.6 Å². The van der Waals surface area contributed by atoms with E-state index in [0.29, 0.717) is 11.9 Å². The average molecular weight is 353 g/mol. The summed E-state index contributed by atoms with van der Waals surface area (Å²) < 4.78 is 0. The molecule has 1 aromatic rings. The van der Waals surface area contributed by atoms with E-state index >= 15 is 0 Å². The monoisotopic (exact) mass is 352 g/mol. The molecular weight excluding hydrogens is 320 g/mol. The van der Waals surface area contributed by atoms with Crippen LogP contribution in [0.4, 0.5) is 0 Å².